The number of rotatable bonds is 3. The fourth-order valence-corrected chi connectivity index (χ4v) is 3.90. The van der Waals surface area contributed by atoms with E-state index in [0.29, 0.717) is 31.0 Å². The van der Waals surface area contributed by atoms with E-state index >= 15 is 0 Å². The van der Waals surface area contributed by atoms with E-state index < -0.39 is 12.1 Å². The number of nitrogens with zero attached hydrogens (tertiary/aromatic N) is 1. The average Bonchev–Trinajstić information content (AvgIpc) is 3.18. The van der Waals surface area contributed by atoms with Crippen LogP contribution in [-0.2, 0) is 22.5 Å². The lowest BCUT2D eigenvalue weighted by Crippen LogP contribution is -2.47. The normalized spacial score (nSPS) is 17.1. The number of fused-ring (bicyclic) bond motifs is 2. The summed E-state index contributed by atoms with van der Waals surface area (Å²) in [5, 5.41) is 2.93. The van der Waals surface area contributed by atoms with Crippen LogP contribution in [0, 0.1) is 0 Å². The molecular weight excluding hydrogens is 428 g/mol. The van der Waals surface area contributed by atoms with Crippen LogP contribution in [0.4, 0.5) is 4.79 Å². The molecule has 0 spiro atoms. The maximum atomic E-state index is 13.1. The molecular formula is C20H19BrN2O5. The first-order chi connectivity index (χ1) is 13.6. The Kier molecular flexibility index (Phi) is 5.13. The summed E-state index contributed by atoms with van der Waals surface area (Å²) in [7, 11) is 1.32. The molecule has 146 valence electrons. The monoisotopic (exact) mass is 446 g/mol. The van der Waals surface area contributed by atoms with Gasteiger partial charge in [0, 0.05) is 17.6 Å². The molecule has 0 fully saturated rings. The van der Waals surface area contributed by atoms with Crippen LogP contribution in [0.5, 0.6) is 11.5 Å². The number of methoxy groups -OCH3 is 1. The summed E-state index contributed by atoms with van der Waals surface area (Å²) in [6, 6.07) is 10.6. The number of benzene rings is 2. The van der Waals surface area contributed by atoms with Crippen molar-refractivity contribution in [2.45, 2.75) is 19.0 Å². The highest BCUT2D eigenvalue weighted by Gasteiger charge is 2.36. The Hall–Kier alpha value is -2.74. The van der Waals surface area contributed by atoms with Gasteiger partial charge in [-0.2, -0.15) is 0 Å². The molecule has 2 aliphatic heterocycles. The summed E-state index contributed by atoms with van der Waals surface area (Å²) < 4.78 is 16.4. The minimum absolute atomic E-state index is 0.201. The topological polar surface area (TPSA) is 77.1 Å². The molecule has 0 aliphatic carbocycles. The third-order valence-electron chi connectivity index (χ3n) is 4.90. The SMILES string of the molecule is COC(=O)N1CCc2ccc(Br)cc2C1C(=O)NCc1ccc2c(c1)OCO2. The molecule has 0 radical (unpaired) electrons. The van der Waals surface area contributed by atoms with E-state index in [2.05, 4.69) is 21.2 Å². The van der Waals surface area contributed by atoms with E-state index in [1.165, 1.54) is 12.0 Å². The molecule has 0 saturated carbocycles. The van der Waals surface area contributed by atoms with Crippen molar-refractivity contribution in [2.24, 2.45) is 0 Å². The van der Waals surface area contributed by atoms with Gasteiger partial charge in [-0.1, -0.05) is 28.1 Å². The Bertz CT molecular complexity index is 933. The molecule has 4 rings (SSSR count). The maximum absolute atomic E-state index is 13.1. The molecule has 1 N–H and O–H groups in total. The summed E-state index contributed by atoms with van der Waals surface area (Å²) in [6.45, 7) is 0.931. The standard InChI is InChI=1S/C20H19BrN2O5/c1-26-20(25)23-7-6-13-3-4-14(21)9-15(13)18(23)19(24)22-10-12-2-5-16-17(8-12)28-11-27-16/h2-5,8-9,18H,6-7,10-11H2,1H3,(H,22,24). The number of carbonyl (C=O) groups excluding carboxylic acids is 2. The molecule has 7 nitrogen and oxygen atoms in total. The summed E-state index contributed by atoms with van der Waals surface area (Å²) >= 11 is 3.45. The molecule has 28 heavy (non-hydrogen) atoms. The largest absolute Gasteiger partial charge is 0.454 e. The van der Waals surface area contributed by atoms with Gasteiger partial charge in [-0.25, -0.2) is 4.79 Å². The zero-order valence-corrected chi connectivity index (χ0v) is 16.8. The van der Waals surface area contributed by atoms with E-state index in [0.717, 1.165) is 21.2 Å². The van der Waals surface area contributed by atoms with Crippen LogP contribution in [0.2, 0.25) is 0 Å². The lowest BCUT2D eigenvalue weighted by molar-refractivity contribution is -0.126. The third-order valence-corrected chi connectivity index (χ3v) is 5.39. The molecule has 8 heteroatoms. The number of hydrogen-bond donors (Lipinski definition) is 1. The number of halogens is 1. The molecule has 1 unspecified atom stereocenters. The Morgan fingerprint density at radius 1 is 1.21 bits per heavy atom. The Morgan fingerprint density at radius 2 is 2.04 bits per heavy atom. The van der Waals surface area contributed by atoms with Crippen LogP contribution < -0.4 is 14.8 Å². The molecule has 2 aromatic rings. The average molecular weight is 447 g/mol. The van der Waals surface area contributed by atoms with Gasteiger partial charge in [-0.3, -0.25) is 9.69 Å². The summed E-state index contributed by atoms with van der Waals surface area (Å²) in [5.41, 5.74) is 2.73. The smallest absolute Gasteiger partial charge is 0.410 e. The Balaban J connectivity index is 1.56. The predicted octanol–water partition coefficient (Wildman–Crippen LogP) is 3.16. The zero-order chi connectivity index (χ0) is 19.7. The minimum Gasteiger partial charge on any atom is -0.454 e. The molecule has 2 aliphatic rings. The van der Waals surface area contributed by atoms with Gasteiger partial charge in [0.1, 0.15) is 6.04 Å². The third kappa shape index (κ3) is 3.52. The van der Waals surface area contributed by atoms with E-state index in [9.17, 15) is 9.59 Å². The van der Waals surface area contributed by atoms with Crippen LogP contribution in [0.3, 0.4) is 0 Å². The Labute approximate surface area is 170 Å². The van der Waals surface area contributed by atoms with Gasteiger partial charge >= 0.3 is 6.09 Å². The van der Waals surface area contributed by atoms with Crippen LogP contribution in [0.15, 0.2) is 40.9 Å². The number of hydrogen-bond acceptors (Lipinski definition) is 5. The van der Waals surface area contributed by atoms with Gasteiger partial charge in [-0.15, -0.1) is 0 Å². The molecule has 2 heterocycles. The van der Waals surface area contributed by atoms with E-state index in [4.69, 9.17) is 14.2 Å². The highest BCUT2D eigenvalue weighted by atomic mass is 79.9. The highest BCUT2D eigenvalue weighted by Crippen LogP contribution is 2.34. The number of nitrogens with one attached hydrogen (secondary N) is 1. The van der Waals surface area contributed by atoms with Gasteiger partial charge in [0.25, 0.3) is 0 Å². The van der Waals surface area contributed by atoms with Crippen LogP contribution in [-0.4, -0.2) is 37.3 Å². The van der Waals surface area contributed by atoms with Crippen molar-refractivity contribution in [1.82, 2.24) is 10.2 Å². The van der Waals surface area contributed by atoms with Crippen LogP contribution >= 0.6 is 15.9 Å². The van der Waals surface area contributed by atoms with Gasteiger partial charge in [0.05, 0.1) is 7.11 Å². The Morgan fingerprint density at radius 3 is 2.86 bits per heavy atom. The predicted molar refractivity (Wildman–Crippen MR) is 104 cm³/mol. The van der Waals surface area contributed by atoms with Crippen molar-refractivity contribution in [1.29, 1.82) is 0 Å². The van der Waals surface area contributed by atoms with Crippen LogP contribution in [0.25, 0.3) is 0 Å². The quantitative estimate of drug-likeness (QED) is 0.783. The molecule has 0 saturated heterocycles. The minimum atomic E-state index is -0.747. The lowest BCUT2D eigenvalue weighted by atomic mass is 9.92. The number of ether oxygens (including phenoxy) is 3. The second kappa shape index (κ2) is 7.71. The van der Waals surface area contributed by atoms with Crippen molar-refractivity contribution >= 4 is 27.9 Å². The van der Waals surface area contributed by atoms with E-state index in [1.807, 2.05) is 36.4 Å². The number of amides is 2. The second-order valence-electron chi connectivity index (χ2n) is 6.56. The first-order valence-electron chi connectivity index (χ1n) is 8.86. The lowest BCUT2D eigenvalue weighted by Gasteiger charge is -2.35. The second-order valence-corrected chi connectivity index (χ2v) is 7.48. The summed E-state index contributed by atoms with van der Waals surface area (Å²) in [4.78, 5) is 26.8. The summed E-state index contributed by atoms with van der Waals surface area (Å²) in [5.74, 6) is 1.09. The van der Waals surface area contributed by atoms with Crippen molar-refractivity contribution in [3.05, 3.63) is 57.6 Å². The zero-order valence-electron chi connectivity index (χ0n) is 15.2. The molecule has 2 aromatic carbocycles. The number of carbonyl (C=O) groups is 2. The van der Waals surface area contributed by atoms with Gasteiger partial charge in [-0.05, 0) is 47.4 Å². The van der Waals surface area contributed by atoms with Crippen molar-refractivity contribution < 1.29 is 23.8 Å². The molecule has 0 bridgehead atoms. The molecule has 0 aromatic heterocycles. The van der Waals surface area contributed by atoms with Gasteiger partial charge in [0.15, 0.2) is 11.5 Å². The first kappa shape index (κ1) is 18.6. The molecule has 1 atom stereocenters. The summed E-state index contributed by atoms with van der Waals surface area (Å²) in [6.07, 6.45) is 0.151. The fraction of sp³-hybridized carbons (Fsp3) is 0.300. The highest BCUT2D eigenvalue weighted by molar-refractivity contribution is 9.10. The van der Waals surface area contributed by atoms with Crippen molar-refractivity contribution in [3.63, 3.8) is 0 Å². The van der Waals surface area contributed by atoms with Crippen LogP contribution in [0.1, 0.15) is 22.7 Å². The van der Waals surface area contributed by atoms with Crippen molar-refractivity contribution in [3.8, 4) is 11.5 Å². The molecule has 2 amide bonds. The van der Waals surface area contributed by atoms with Gasteiger partial charge < -0.3 is 19.5 Å². The van der Waals surface area contributed by atoms with Gasteiger partial charge in [0.2, 0.25) is 12.7 Å². The van der Waals surface area contributed by atoms with Crippen molar-refractivity contribution in [2.75, 3.05) is 20.4 Å². The fourth-order valence-electron chi connectivity index (χ4n) is 3.52. The van der Waals surface area contributed by atoms with E-state index in [-0.39, 0.29) is 12.7 Å². The first-order valence-corrected chi connectivity index (χ1v) is 9.65. The van der Waals surface area contributed by atoms with E-state index in [1.54, 1.807) is 0 Å². The maximum Gasteiger partial charge on any atom is 0.410 e.